The Bertz CT molecular complexity index is 808. The SMILES string of the molecule is COc1ccc(C(C)NC(C)c2ccc(C)o2)cc1Cn1cccn1. The number of methoxy groups -OCH3 is 1. The van der Waals surface area contributed by atoms with E-state index in [0.717, 1.165) is 22.8 Å². The largest absolute Gasteiger partial charge is 0.496 e. The molecule has 2 atom stereocenters. The molecule has 5 nitrogen and oxygen atoms in total. The smallest absolute Gasteiger partial charge is 0.123 e. The maximum Gasteiger partial charge on any atom is 0.123 e. The molecule has 5 heteroatoms. The fourth-order valence-electron chi connectivity index (χ4n) is 3.00. The number of hydrogen-bond acceptors (Lipinski definition) is 4. The molecule has 1 N–H and O–H groups in total. The Morgan fingerprint density at radius 3 is 2.68 bits per heavy atom. The van der Waals surface area contributed by atoms with Gasteiger partial charge in [-0.1, -0.05) is 6.07 Å². The van der Waals surface area contributed by atoms with Gasteiger partial charge in [-0.2, -0.15) is 5.10 Å². The Morgan fingerprint density at radius 2 is 2.04 bits per heavy atom. The van der Waals surface area contributed by atoms with E-state index in [1.54, 1.807) is 13.3 Å². The Labute approximate surface area is 148 Å². The topological polar surface area (TPSA) is 52.2 Å². The van der Waals surface area contributed by atoms with E-state index in [4.69, 9.17) is 9.15 Å². The van der Waals surface area contributed by atoms with E-state index in [1.165, 1.54) is 5.56 Å². The van der Waals surface area contributed by atoms with Crippen molar-refractivity contribution < 1.29 is 9.15 Å². The van der Waals surface area contributed by atoms with Crippen LogP contribution in [-0.2, 0) is 6.54 Å². The fraction of sp³-hybridized carbons (Fsp3) is 0.350. The Kier molecular flexibility index (Phi) is 5.24. The van der Waals surface area contributed by atoms with Crippen molar-refractivity contribution in [1.29, 1.82) is 0 Å². The lowest BCUT2D eigenvalue weighted by Crippen LogP contribution is -2.22. The first-order chi connectivity index (χ1) is 12.1. The summed E-state index contributed by atoms with van der Waals surface area (Å²) in [5.41, 5.74) is 2.32. The van der Waals surface area contributed by atoms with Crippen LogP contribution in [0.3, 0.4) is 0 Å². The van der Waals surface area contributed by atoms with Gasteiger partial charge in [0.15, 0.2) is 0 Å². The third kappa shape index (κ3) is 4.12. The molecule has 2 heterocycles. The molecule has 0 bridgehead atoms. The first-order valence-electron chi connectivity index (χ1n) is 8.53. The number of rotatable bonds is 7. The predicted molar refractivity (Wildman–Crippen MR) is 97.7 cm³/mol. The summed E-state index contributed by atoms with van der Waals surface area (Å²) in [6, 6.07) is 12.6. The predicted octanol–water partition coefficient (Wildman–Crippen LogP) is 4.25. The highest BCUT2D eigenvalue weighted by molar-refractivity contribution is 5.38. The van der Waals surface area contributed by atoms with E-state index in [0.29, 0.717) is 6.54 Å². The minimum absolute atomic E-state index is 0.139. The van der Waals surface area contributed by atoms with Crippen LogP contribution >= 0.6 is 0 Å². The monoisotopic (exact) mass is 339 g/mol. The number of furan rings is 1. The zero-order valence-electron chi connectivity index (χ0n) is 15.2. The molecule has 0 spiro atoms. The van der Waals surface area contributed by atoms with Crippen molar-refractivity contribution in [2.45, 2.75) is 39.4 Å². The lowest BCUT2D eigenvalue weighted by molar-refractivity contribution is 0.391. The van der Waals surface area contributed by atoms with Gasteiger partial charge in [0.25, 0.3) is 0 Å². The molecule has 0 aliphatic heterocycles. The van der Waals surface area contributed by atoms with Gasteiger partial charge in [-0.3, -0.25) is 4.68 Å². The van der Waals surface area contributed by atoms with Crippen molar-refractivity contribution in [3.63, 3.8) is 0 Å². The minimum Gasteiger partial charge on any atom is -0.496 e. The summed E-state index contributed by atoms with van der Waals surface area (Å²) in [5.74, 6) is 2.76. The highest BCUT2D eigenvalue weighted by Crippen LogP contribution is 2.26. The summed E-state index contributed by atoms with van der Waals surface area (Å²) in [5, 5.41) is 7.88. The lowest BCUT2D eigenvalue weighted by Gasteiger charge is -2.20. The van der Waals surface area contributed by atoms with Gasteiger partial charge in [-0.15, -0.1) is 0 Å². The molecule has 0 aliphatic rings. The molecule has 0 saturated heterocycles. The summed E-state index contributed by atoms with van der Waals surface area (Å²) in [7, 11) is 1.70. The number of hydrogen-bond donors (Lipinski definition) is 1. The number of ether oxygens (including phenoxy) is 1. The molecule has 0 radical (unpaired) electrons. The van der Waals surface area contributed by atoms with Crippen molar-refractivity contribution in [1.82, 2.24) is 15.1 Å². The van der Waals surface area contributed by atoms with Gasteiger partial charge in [0.1, 0.15) is 17.3 Å². The van der Waals surface area contributed by atoms with Crippen LogP contribution in [0.2, 0.25) is 0 Å². The molecule has 3 rings (SSSR count). The molecule has 2 aromatic heterocycles. The van der Waals surface area contributed by atoms with Gasteiger partial charge in [0.2, 0.25) is 0 Å². The second-order valence-electron chi connectivity index (χ2n) is 6.33. The van der Waals surface area contributed by atoms with Crippen LogP contribution in [0.1, 0.15) is 48.6 Å². The summed E-state index contributed by atoms with van der Waals surface area (Å²) in [6.07, 6.45) is 3.74. The second kappa shape index (κ2) is 7.57. The zero-order chi connectivity index (χ0) is 17.8. The van der Waals surface area contributed by atoms with E-state index in [2.05, 4.69) is 36.4 Å². The molecule has 132 valence electrons. The highest BCUT2D eigenvalue weighted by Gasteiger charge is 2.15. The second-order valence-corrected chi connectivity index (χ2v) is 6.33. The van der Waals surface area contributed by atoms with Crippen LogP contribution in [-0.4, -0.2) is 16.9 Å². The van der Waals surface area contributed by atoms with Crippen molar-refractivity contribution in [2.75, 3.05) is 7.11 Å². The van der Waals surface area contributed by atoms with E-state index in [1.807, 2.05) is 42.1 Å². The first kappa shape index (κ1) is 17.3. The van der Waals surface area contributed by atoms with Gasteiger partial charge < -0.3 is 14.5 Å². The van der Waals surface area contributed by atoms with Crippen molar-refractivity contribution in [3.8, 4) is 5.75 Å². The third-order valence-electron chi connectivity index (χ3n) is 4.38. The quantitative estimate of drug-likeness (QED) is 0.699. The number of aryl methyl sites for hydroxylation is 1. The molecule has 0 amide bonds. The molecule has 0 aliphatic carbocycles. The van der Waals surface area contributed by atoms with E-state index in [9.17, 15) is 0 Å². The van der Waals surface area contributed by atoms with E-state index >= 15 is 0 Å². The average Bonchev–Trinajstić information content (AvgIpc) is 3.26. The fourth-order valence-corrected chi connectivity index (χ4v) is 3.00. The summed E-state index contributed by atoms with van der Waals surface area (Å²) >= 11 is 0. The standard InChI is InChI=1S/C20H25N3O2/c1-14-6-8-19(25-14)16(3)22-15(2)17-7-9-20(24-4)18(12-17)13-23-11-5-10-21-23/h5-12,15-16,22H,13H2,1-4H3. The third-order valence-corrected chi connectivity index (χ3v) is 4.38. The van der Waals surface area contributed by atoms with Gasteiger partial charge in [-0.05, 0) is 56.7 Å². The van der Waals surface area contributed by atoms with Crippen LogP contribution in [0.15, 0.2) is 53.2 Å². The summed E-state index contributed by atoms with van der Waals surface area (Å²) < 4.78 is 13.1. The molecular weight excluding hydrogens is 314 g/mol. The summed E-state index contributed by atoms with van der Waals surface area (Å²) in [4.78, 5) is 0. The van der Waals surface area contributed by atoms with Gasteiger partial charge in [0.05, 0.1) is 19.7 Å². The van der Waals surface area contributed by atoms with Crippen LogP contribution in [0.25, 0.3) is 0 Å². The van der Waals surface area contributed by atoms with Crippen LogP contribution in [0.4, 0.5) is 0 Å². The van der Waals surface area contributed by atoms with E-state index < -0.39 is 0 Å². The normalized spacial score (nSPS) is 13.6. The maximum atomic E-state index is 5.72. The molecule has 3 aromatic rings. The Hall–Kier alpha value is -2.53. The molecule has 0 fully saturated rings. The molecule has 2 unspecified atom stereocenters. The molecule has 0 saturated carbocycles. The van der Waals surface area contributed by atoms with Gasteiger partial charge in [0, 0.05) is 24.0 Å². The summed E-state index contributed by atoms with van der Waals surface area (Å²) in [6.45, 7) is 6.92. The highest BCUT2D eigenvalue weighted by atomic mass is 16.5. The van der Waals surface area contributed by atoms with Gasteiger partial charge >= 0.3 is 0 Å². The lowest BCUT2D eigenvalue weighted by atomic mass is 10.0. The molecule has 1 aromatic carbocycles. The zero-order valence-corrected chi connectivity index (χ0v) is 15.2. The number of benzene rings is 1. The van der Waals surface area contributed by atoms with Crippen molar-refractivity contribution in [3.05, 3.63) is 71.4 Å². The average molecular weight is 339 g/mol. The number of aromatic nitrogens is 2. The minimum atomic E-state index is 0.139. The first-order valence-corrected chi connectivity index (χ1v) is 8.53. The Balaban J connectivity index is 1.76. The Morgan fingerprint density at radius 1 is 1.20 bits per heavy atom. The molecular formula is C20H25N3O2. The van der Waals surface area contributed by atoms with E-state index in [-0.39, 0.29) is 12.1 Å². The van der Waals surface area contributed by atoms with Crippen LogP contribution in [0, 0.1) is 6.92 Å². The van der Waals surface area contributed by atoms with Crippen LogP contribution in [0.5, 0.6) is 5.75 Å². The van der Waals surface area contributed by atoms with Crippen molar-refractivity contribution >= 4 is 0 Å². The van der Waals surface area contributed by atoms with Crippen LogP contribution < -0.4 is 10.1 Å². The number of nitrogens with zero attached hydrogens (tertiary/aromatic N) is 2. The number of nitrogens with one attached hydrogen (secondary N) is 1. The molecule has 25 heavy (non-hydrogen) atoms. The van der Waals surface area contributed by atoms with Crippen molar-refractivity contribution in [2.24, 2.45) is 0 Å². The maximum absolute atomic E-state index is 5.72. The van der Waals surface area contributed by atoms with Gasteiger partial charge in [-0.25, -0.2) is 0 Å².